The number of ether oxygens (including phenoxy) is 1. The number of aliphatic hydroxyl groups is 1. The van der Waals surface area contributed by atoms with Crippen molar-refractivity contribution in [3.05, 3.63) is 12.2 Å². The van der Waals surface area contributed by atoms with Crippen LogP contribution in [0.15, 0.2) is 12.2 Å². The van der Waals surface area contributed by atoms with Gasteiger partial charge in [0.05, 0.1) is 0 Å². The van der Waals surface area contributed by atoms with Crippen LogP contribution in [0.3, 0.4) is 0 Å². The summed E-state index contributed by atoms with van der Waals surface area (Å²) in [5.74, 6) is 1.16. The SMILES string of the molecule is C=C(C)C(=O)OC(CC(C)(O)C(F)(F)F)C1C2CC3CC(C2)CC1C3. The van der Waals surface area contributed by atoms with E-state index in [4.69, 9.17) is 4.74 Å². The first kappa shape index (κ1) is 18.7. The number of alkyl halides is 3. The lowest BCUT2D eigenvalue weighted by Gasteiger charge is -2.56. The smallest absolute Gasteiger partial charge is 0.417 e. The number of rotatable bonds is 5. The summed E-state index contributed by atoms with van der Waals surface area (Å²) in [5, 5.41) is 9.99. The van der Waals surface area contributed by atoms with Crippen molar-refractivity contribution in [2.75, 3.05) is 0 Å². The van der Waals surface area contributed by atoms with Gasteiger partial charge in [0.25, 0.3) is 0 Å². The molecule has 6 heteroatoms. The molecule has 0 heterocycles. The highest BCUT2D eigenvalue weighted by Crippen LogP contribution is 2.58. The fourth-order valence-electron chi connectivity index (χ4n) is 5.58. The Bertz CT molecular complexity index is 525. The van der Waals surface area contributed by atoms with E-state index in [-0.39, 0.29) is 11.5 Å². The maximum atomic E-state index is 13.2. The normalized spacial score (nSPS) is 37.4. The van der Waals surface area contributed by atoms with E-state index in [1.165, 1.54) is 13.3 Å². The standard InChI is InChI=1S/C19H27F3O3/c1-10(2)17(23)25-15(9-18(3,24)19(20,21)22)16-13-5-11-4-12(7-13)8-14(16)6-11/h11-16,24H,1,4-9H2,2-3H3. The zero-order chi connectivity index (χ0) is 18.6. The predicted octanol–water partition coefficient (Wildman–Crippen LogP) is 4.25. The molecule has 0 aliphatic heterocycles. The maximum absolute atomic E-state index is 13.2. The van der Waals surface area contributed by atoms with E-state index in [0.717, 1.165) is 32.6 Å². The van der Waals surface area contributed by atoms with Crippen LogP contribution in [0.1, 0.15) is 52.4 Å². The molecule has 2 unspecified atom stereocenters. The Labute approximate surface area is 146 Å². The summed E-state index contributed by atoms with van der Waals surface area (Å²) in [6, 6.07) is 0. The fourth-order valence-corrected chi connectivity index (χ4v) is 5.58. The summed E-state index contributed by atoms with van der Waals surface area (Å²) < 4.78 is 45.1. The van der Waals surface area contributed by atoms with Crippen LogP contribution in [-0.2, 0) is 9.53 Å². The van der Waals surface area contributed by atoms with E-state index in [0.29, 0.717) is 23.7 Å². The molecule has 4 aliphatic carbocycles. The van der Waals surface area contributed by atoms with Crippen molar-refractivity contribution in [3.8, 4) is 0 Å². The van der Waals surface area contributed by atoms with Crippen molar-refractivity contribution in [2.24, 2.45) is 29.6 Å². The van der Waals surface area contributed by atoms with Gasteiger partial charge in [-0.15, -0.1) is 0 Å². The predicted molar refractivity (Wildman–Crippen MR) is 86.5 cm³/mol. The van der Waals surface area contributed by atoms with Gasteiger partial charge >= 0.3 is 12.1 Å². The number of carbonyl (C=O) groups is 1. The van der Waals surface area contributed by atoms with Crippen LogP contribution < -0.4 is 0 Å². The maximum Gasteiger partial charge on any atom is 0.417 e. The molecule has 3 nitrogen and oxygen atoms in total. The Balaban J connectivity index is 1.83. The highest BCUT2D eigenvalue weighted by Gasteiger charge is 2.56. The molecule has 1 N–H and O–H groups in total. The molecule has 4 bridgehead atoms. The second kappa shape index (κ2) is 6.29. The van der Waals surface area contributed by atoms with Crippen LogP contribution >= 0.6 is 0 Å². The fraction of sp³-hybridized carbons (Fsp3) is 0.842. The summed E-state index contributed by atoms with van der Waals surface area (Å²) >= 11 is 0. The van der Waals surface area contributed by atoms with Gasteiger partial charge in [0.2, 0.25) is 0 Å². The Kier molecular flexibility index (Phi) is 4.71. The topological polar surface area (TPSA) is 46.5 Å². The number of hydrogen-bond acceptors (Lipinski definition) is 3. The second-order valence-electron chi connectivity index (χ2n) is 8.71. The Morgan fingerprint density at radius 1 is 1.16 bits per heavy atom. The number of esters is 1. The third-order valence-electron chi connectivity index (χ3n) is 6.55. The van der Waals surface area contributed by atoms with Gasteiger partial charge in [0.1, 0.15) is 6.10 Å². The van der Waals surface area contributed by atoms with Gasteiger partial charge < -0.3 is 9.84 Å². The first-order valence-electron chi connectivity index (χ1n) is 9.13. The van der Waals surface area contributed by atoms with E-state index in [9.17, 15) is 23.1 Å². The molecule has 0 saturated heterocycles. The molecule has 2 atom stereocenters. The van der Waals surface area contributed by atoms with Crippen molar-refractivity contribution in [3.63, 3.8) is 0 Å². The van der Waals surface area contributed by atoms with Gasteiger partial charge in [-0.1, -0.05) is 6.58 Å². The summed E-state index contributed by atoms with van der Waals surface area (Å²) in [7, 11) is 0. The molecule has 4 saturated carbocycles. The molecule has 142 valence electrons. The zero-order valence-corrected chi connectivity index (χ0v) is 14.8. The summed E-state index contributed by atoms with van der Waals surface area (Å²) in [6.07, 6.45) is -1.03. The minimum Gasteiger partial charge on any atom is -0.459 e. The third-order valence-corrected chi connectivity index (χ3v) is 6.55. The van der Waals surface area contributed by atoms with Crippen LogP contribution in [0.4, 0.5) is 13.2 Å². The van der Waals surface area contributed by atoms with E-state index < -0.39 is 30.3 Å². The van der Waals surface area contributed by atoms with Gasteiger partial charge in [-0.3, -0.25) is 0 Å². The molecule has 0 aromatic rings. The Morgan fingerprint density at radius 2 is 1.64 bits per heavy atom. The minimum atomic E-state index is -4.76. The van der Waals surface area contributed by atoms with E-state index in [1.807, 2.05) is 0 Å². The van der Waals surface area contributed by atoms with Crippen molar-refractivity contribution in [2.45, 2.75) is 70.3 Å². The van der Waals surface area contributed by atoms with Crippen molar-refractivity contribution in [1.29, 1.82) is 0 Å². The molecule has 4 rings (SSSR count). The Hall–Kier alpha value is -1.04. The number of halogens is 3. The second-order valence-corrected chi connectivity index (χ2v) is 8.71. The van der Waals surface area contributed by atoms with E-state index >= 15 is 0 Å². The van der Waals surface area contributed by atoms with Crippen molar-refractivity contribution >= 4 is 5.97 Å². The molecule has 0 aromatic carbocycles. The molecule has 4 fully saturated rings. The van der Waals surface area contributed by atoms with Gasteiger partial charge in [-0.25, -0.2) is 4.79 Å². The molecule has 0 spiro atoms. The van der Waals surface area contributed by atoms with Crippen molar-refractivity contribution < 1.29 is 27.8 Å². The molecule has 0 aromatic heterocycles. The van der Waals surface area contributed by atoms with Crippen LogP contribution in [0.2, 0.25) is 0 Å². The van der Waals surface area contributed by atoms with Crippen LogP contribution in [0.25, 0.3) is 0 Å². The quantitative estimate of drug-likeness (QED) is 0.589. The molecule has 25 heavy (non-hydrogen) atoms. The molecular formula is C19H27F3O3. The molecular weight excluding hydrogens is 333 g/mol. The van der Waals surface area contributed by atoms with E-state index in [2.05, 4.69) is 6.58 Å². The lowest BCUT2D eigenvalue weighted by molar-refractivity contribution is -0.266. The molecule has 0 radical (unpaired) electrons. The summed E-state index contributed by atoms with van der Waals surface area (Å²) in [6.45, 7) is 5.78. The van der Waals surface area contributed by atoms with Gasteiger partial charge in [0, 0.05) is 17.9 Å². The van der Waals surface area contributed by atoms with Crippen molar-refractivity contribution in [1.82, 2.24) is 0 Å². The lowest BCUT2D eigenvalue weighted by Crippen LogP contribution is -2.54. The van der Waals surface area contributed by atoms with Crippen LogP contribution in [0.5, 0.6) is 0 Å². The largest absolute Gasteiger partial charge is 0.459 e. The lowest BCUT2D eigenvalue weighted by atomic mass is 9.50. The van der Waals surface area contributed by atoms with Gasteiger partial charge in [-0.05, 0) is 69.6 Å². The van der Waals surface area contributed by atoms with Gasteiger partial charge in [0.15, 0.2) is 5.60 Å². The third kappa shape index (κ3) is 3.60. The van der Waals surface area contributed by atoms with Crippen LogP contribution in [0, 0.1) is 29.6 Å². The first-order valence-corrected chi connectivity index (χ1v) is 9.13. The van der Waals surface area contributed by atoms with E-state index in [1.54, 1.807) is 0 Å². The first-order chi connectivity index (χ1) is 11.5. The highest BCUT2D eigenvalue weighted by atomic mass is 19.4. The highest BCUT2D eigenvalue weighted by molar-refractivity contribution is 5.87. The van der Waals surface area contributed by atoms with Gasteiger partial charge in [-0.2, -0.15) is 13.2 Å². The minimum absolute atomic E-state index is 0.0927. The monoisotopic (exact) mass is 360 g/mol. The number of hydrogen-bond donors (Lipinski definition) is 1. The average Bonchev–Trinajstić information content (AvgIpc) is 2.43. The molecule has 0 amide bonds. The average molecular weight is 360 g/mol. The Morgan fingerprint density at radius 3 is 2.04 bits per heavy atom. The zero-order valence-electron chi connectivity index (χ0n) is 14.8. The summed E-state index contributed by atoms with van der Waals surface area (Å²) in [5.41, 5.74) is -2.71. The molecule has 4 aliphatic rings. The number of carbonyl (C=O) groups excluding carboxylic acids is 1. The van der Waals surface area contributed by atoms with Crippen LogP contribution in [-0.4, -0.2) is 29.0 Å². The summed E-state index contributed by atoms with van der Waals surface area (Å²) in [4.78, 5) is 12.0.